The molecule has 35 heavy (non-hydrogen) atoms. The molecule has 1 aliphatic heterocycles. The van der Waals surface area contributed by atoms with Crippen LogP contribution in [-0.2, 0) is 9.59 Å². The number of hydrogen-bond donors (Lipinski definition) is 2. The molecule has 2 aliphatic rings. The van der Waals surface area contributed by atoms with Crippen molar-refractivity contribution in [3.05, 3.63) is 100 Å². The minimum Gasteiger partial charge on any atom is -0.497 e. The minimum absolute atomic E-state index is 0.000509. The second-order valence-electron chi connectivity index (χ2n) is 8.93. The number of nitrogens with zero attached hydrogens (tertiary/aromatic N) is 1. The quantitative estimate of drug-likeness (QED) is 0.547. The van der Waals surface area contributed by atoms with Crippen LogP contribution in [0.25, 0.3) is 0 Å². The summed E-state index contributed by atoms with van der Waals surface area (Å²) in [5.41, 5.74) is 4.27. The molecule has 7 heteroatoms. The van der Waals surface area contributed by atoms with Gasteiger partial charge in [-0.2, -0.15) is 0 Å². The molecular formula is C28H27N3O4. The van der Waals surface area contributed by atoms with Crippen molar-refractivity contribution in [2.24, 2.45) is 0 Å². The van der Waals surface area contributed by atoms with Gasteiger partial charge in [-0.15, -0.1) is 0 Å². The van der Waals surface area contributed by atoms with E-state index in [1.54, 1.807) is 19.4 Å². The predicted octanol–water partition coefficient (Wildman–Crippen LogP) is 4.99. The van der Waals surface area contributed by atoms with Gasteiger partial charge in [0.05, 0.1) is 13.4 Å². The average molecular weight is 470 g/mol. The second kappa shape index (κ2) is 9.25. The molecule has 2 atom stereocenters. The molecule has 5 rings (SSSR count). The van der Waals surface area contributed by atoms with Crippen molar-refractivity contribution in [3.8, 4) is 5.75 Å². The lowest BCUT2D eigenvalue weighted by atomic mass is 9.72. The number of aryl methyl sites for hydroxylation is 1. The number of rotatable bonds is 5. The van der Waals surface area contributed by atoms with Gasteiger partial charge in [0.1, 0.15) is 17.3 Å². The number of methoxy groups -OCH3 is 1. The van der Waals surface area contributed by atoms with Crippen molar-refractivity contribution in [1.29, 1.82) is 0 Å². The fourth-order valence-electron chi connectivity index (χ4n) is 5.02. The maximum Gasteiger partial charge on any atom is 0.255 e. The van der Waals surface area contributed by atoms with Crippen molar-refractivity contribution in [3.63, 3.8) is 0 Å². The Labute approximate surface area is 203 Å². The van der Waals surface area contributed by atoms with Crippen LogP contribution >= 0.6 is 0 Å². The van der Waals surface area contributed by atoms with E-state index in [2.05, 4.69) is 15.6 Å². The molecule has 2 aromatic heterocycles. The molecule has 0 bridgehead atoms. The lowest BCUT2D eigenvalue weighted by molar-refractivity contribution is -0.116. The number of anilines is 1. The molecule has 0 spiro atoms. The number of nitrogens with one attached hydrogen (secondary N) is 2. The molecule has 3 aromatic rings. The van der Waals surface area contributed by atoms with Crippen LogP contribution in [0.5, 0.6) is 5.75 Å². The fourth-order valence-corrected chi connectivity index (χ4v) is 5.02. The molecule has 0 radical (unpaired) electrons. The van der Waals surface area contributed by atoms with Crippen LogP contribution < -0.4 is 15.4 Å². The highest BCUT2D eigenvalue weighted by Crippen LogP contribution is 2.46. The van der Waals surface area contributed by atoms with Gasteiger partial charge in [0, 0.05) is 46.5 Å². The van der Waals surface area contributed by atoms with Crippen molar-refractivity contribution in [1.82, 2.24) is 10.3 Å². The maximum atomic E-state index is 13.6. The van der Waals surface area contributed by atoms with E-state index < -0.39 is 5.92 Å². The minimum atomic E-state index is -0.531. The van der Waals surface area contributed by atoms with Gasteiger partial charge < -0.3 is 19.8 Å². The number of hydrogen-bond acceptors (Lipinski definition) is 6. The van der Waals surface area contributed by atoms with Gasteiger partial charge in [0.15, 0.2) is 5.78 Å². The molecule has 0 fully saturated rings. The van der Waals surface area contributed by atoms with E-state index in [1.807, 2.05) is 62.4 Å². The van der Waals surface area contributed by atoms with Crippen LogP contribution in [0.15, 0.2) is 87.8 Å². The van der Waals surface area contributed by atoms with Crippen molar-refractivity contribution >= 4 is 17.5 Å². The van der Waals surface area contributed by atoms with Crippen LogP contribution in [-0.4, -0.2) is 23.8 Å². The third kappa shape index (κ3) is 4.37. The van der Waals surface area contributed by atoms with Gasteiger partial charge in [-0.05, 0) is 62.2 Å². The number of amides is 1. The molecule has 0 saturated carbocycles. The van der Waals surface area contributed by atoms with E-state index in [-0.39, 0.29) is 17.6 Å². The highest BCUT2D eigenvalue weighted by atomic mass is 16.5. The van der Waals surface area contributed by atoms with Crippen LogP contribution in [0.4, 0.5) is 5.82 Å². The van der Waals surface area contributed by atoms with Gasteiger partial charge in [0.2, 0.25) is 0 Å². The van der Waals surface area contributed by atoms with Gasteiger partial charge >= 0.3 is 0 Å². The lowest BCUT2D eigenvalue weighted by Gasteiger charge is -2.36. The summed E-state index contributed by atoms with van der Waals surface area (Å²) in [5, 5.41) is 6.31. The largest absolute Gasteiger partial charge is 0.497 e. The standard InChI is InChI=1S/C28H27N3O4/c1-16-7-4-11-24(29-16)31-28(33)25-17(2)30-21-14-19(23-10-6-12-35-23)15-22(32)27(21)26(25)18-8-5-9-20(13-18)34-3/h4-13,19,26,30H,14-15H2,1-3H3,(H,29,31,33)/t19-,26-/m0/s1. The Bertz CT molecular complexity index is 1350. The van der Waals surface area contributed by atoms with Gasteiger partial charge in [-0.25, -0.2) is 4.98 Å². The van der Waals surface area contributed by atoms with Crippen molar-refractivity contribution in [2.45, 2.75) is 38.5 Å². The Kier molecular flexibility index (Phi) is 5.99. The zero-order chi connectivity index (χ0) is 24.5. The van der Waals surface area contributed by atoms with Gasteiger partial charge in [-0.1, -0.05) is 18.2 Å². The van der Waals surface area contributed by atoms with E-state index in [9.17, 15) is 9.59 Å². The zero-order valence-electron chi connectivity index (χ0n) is 19.9. The summed E-state index contributed by atoms with van der Waals surface area (Å²) in [4.78, 5) is 31.7. The highest BCUT2D eigenvalue weighted by molar-refractivity contribution is 6.09. The monoisotopic (exact) mass is 469 g/mol. The van der Waals surface area contributed by atoms with E-state index in [4.69, 9.17) is 9.15 Å². The topological polar surface area (TPSA) is 93.5 Å². The summed E-state index contributed by atoms with van der Waals surface area (Å²) in [6.07, 6.45) is 2.58. The van der Waals surface area contributed by atoms with E-state index in [0.717, 1.165) is 22.7 Å². The second-order valence-corrected chi connectivity index (χ2v) is 8.93. The number of carbonyl (C=O) groups excluding carboxylic acids is 2. The van der Waals surface area contributed by atoms with Gasteiger partial charge in [0.25, 0.3) is 5.91 Å². The molecule has 1 aromatic carbocycles. The molecule has 0 unspecified atom stereocenters. The Morgan fingerprint density at radius 3 is 2.69 bits per heavy atom. The summed E-state index contributed by atoms with van der Waals surface area (Å²) in [6.45, 7) is 3.74. The number of dihydropyridines is 1. The first-order valence-electron chi connectivity index (χ1n) is 11.6. The number of benzene rings is 1. The first kappa shape index (κ1) is 22.7. The van der Waals surface area contributed by atoms with Crippen molar-refractivity contribution in [2.75, 3.05) is 12.4 Å². The SMILES string of the molecule is COc1cccc([C@H]2C(C(=O)Nc3cccc(C)n3)=C(C)NC3=C2C(=O)C[C@@H](c2ccco2)C3)c1. The molecule has 1 amide bonds. The molecule has 0 saturated heterocycles. The lowest BCUT2D eigenvalue weighted by Crippen LogP contribution is -2.37. The number of ketones is 1. The first-order chi connectivity index (χ1) is 16.9. The number of ether oxygens (including phenoxy) is 1. The van der Waals surface area contributed by atoms with Crippen LogP contribution in [0, 0.1) is 6.92 Å². The fraction of sp³-hybridized carbons (Fsp3) is 0.250. The summed E-state index contributed by atoms with van der Waals surface area (Å²) in [5.74, 6) is 1.05. The first-order valence-corrected chi connectivity index (χ1v) is 11.6. The molecule has 2 N–H and O–H groups in total. The van der Waals surface area contributed by atoms with E-state index in [1.165, 1.54) is 0 Å². The normalized spacial score (nSPS) is 19.8. The van der Waals surface area contributed by atoms with Crippen molar-refractivity contribution < 1.29 is 18.7 Å². The predicted molar refractivity (Wildman–Crippen MR) is 132 cm³/mol. The summed E-state index contributed by atoms with van der Waals surface area (Å²) in [7, 11) is 1.60. The van der Waals surface area contributed by atoms with Crippen LogP contribution in [0.1, 0.15) is 48.6 Å². The molecule has 178 valence electrons. The number of aromatic nitrogens is 1. The zero-order valence-corrected chi connectivity index (χ0v) is 19.9. The Morgan fingerprint density at radius 1 is 1.11 bits per heavy atom. The number of allylic oxidation sites excluding steroid dienone is 3. The van der Waals surface area contributed by atoms with Gasteiger partial charge in [-0.3, -0.25) is 9.59 Å². The van der Waals surface area contributed by atoms with Crippen LogP contribution in [0.2, 0.25) is 0 Å². The van der Waals surface area contributed by atoms with Crippen LogP contribution in [0.3, 0.4) is 0 Å². The maximum absolute atomic E-state index is 13.6. The molecule has 1 aliphatic carbocycles. The van der Waals surface area contributed by atoms with E-state index in [0.29, 0.717) is 41.3 Å². The Morgan fingerprint density at radius 2 is 1.94 bits per heavy atom. The smallest absolute Gasteiger partial charge is 0.255 e. The number of pyridine rings is 1. The highest BCUT2D eigenvalue weighted by Gasteiger charge is 2.41. The Hall–Kier alpha value is -4.13. The van der Waals surface area contributed by atoms with E-state index >= 15 is 0 Å². The molecular weight excluding hydrogens is 442 g/mol. The summed E-state index contributed by atoms with van der Waals surface area (Å²) < 4.78 is 11.1. The third-order valence-electron chi connectivity index (χ3n) is 6.57. The average Bonchev–Trinajstić information content (AvgIpc) is 3.38. The molecule has 3 heterocycles. The Balaban J connectivity index is 1.58. The number of carbonyl (C=O) groups is 2. The third-order valence-corrected chi connectivity index (χ3v) is 6.57. The number of furan rings is 1. The summed E-state index contributed by atoms with van der Waals surface area (Å²) >= 11 is 0. The summed E-state index contributed by atoms with van der Waals surface area (Å²) in [6, 6.07) is 16.8. The number of Topliss-reactive ketones (excluding diaryl/α,β-unsaturated/α-hetero) is 1. The molecule has 7 nitrogen and oxygen atoms in total.